The van der Waals surface area contributed by atoms with Crippen LogP contribution in [0.4, 0.5) is 5.69 Å². The molecule has 0 aliphatic rings. The monoisotopic (exact) mass is 145 g/mol. The van der Waals surface area contributed by atoms with E-state index in [-0.39, 0.29) is 0 Å². The Hall–Kier alpha value is -1.42. The second-order valence-corrected chi connectivity index (χ2v) is 2.39. The minimum atomic E-state index is 0.810. The summed E-state index contributed by atoms with van der Waals surface area (Å²) >= 11 is 0. The van der Waals surface area contributed by atoms with E-state index in [1.54, 1.807) is 0 Å². The Morgan fingerprint density at radius 2 is 2.09 bits per heavy atom. The molecule has 2 N–H and O–H groups in total. The number of benzene rings is 1. The summed E-state index contributed by atoms with van der Waals surface area (Å²) in [4.78, 5) is 0. The van der Waals surface area contributed by atoms with Crippen LogP contribution in [0.5, 0.6) is 0 Å². The van der Waals surface area contributed by atoms with Gasteiger partial charge in [-0.25, -0.2) is 0 Å². The highest BCUT2D eigenvalue weighted by atomic mass is 14.5. The molecule has 0 bridgehead atoms. The molecule has 11 heavy (non-hydrogen) atoms. The predicted octanol–water partition coefficient (Wildman–Crippen LogP) is 1.95. The molecule has 0 aliphatic heterocycles. The molecule has 0 aromatic heterocycles. The lowest BCUT2D eigenvalue weighted by molar-refractivity contribution is 1.44. The number of anilines is 1. The molecule has 0 radical (unpaired) electrons. The third-order valence-electron chi connectivity index (χ3n) is 1.64. The Kier molecular flexibility index (Phi) is 2.18. The molecule has 0 aliphatic carbocycles. The van der Waals surface area contributed by atoms with Crippen LogP contribution in [0.25, 0.3) is 0 Å². The molecule has 1 aromatic carbocycles. The van der Waals surface area contributed by atoms with Crippen molar-refractivity contribution in [2.45, 2.75) is 13.8 Å². The van der Waals surface area contributed by atoms with Crippen molar-refractivity contribution < 1.29 is 0 Å². The number of rotatable bonds is 0. The number of nitrogen functional groups attached to an aromatic ring is 1. The Labute approximate surface area is 67.2 Å². The van der Waals surface area contributed by atoms with E-state index in [0.29, 0.717) is 0 Å². The Balaban J connectivity index is 3.23. The molecule has 0 spiro atoms. The standard InChI is InChI=1S/C10H11N/c1-3-5-9-6-4-7-10(11)8(9)2/h4,6-7H,11H2,1-2H3. The van der Waals surface area contributed by atoms with Crippen LogP contribution in [0.15, 0.2) is 18.2 Å². The minimum Gasteiger partial charge on any atom is -0.398 e. The zero-order valence-corrected chi connectivity index (χ0v) is 6.81. The number of nitrogens with two attached hydrogens (primary N) is 1. The molecular formula is C10H11N. The normalized spacial score (nSPS) is 8.55. The van der Waals surface area contributed by atoms with Crippen molar-refractivity contribution in [2.24, 2.45) is 0 Å². The van der Waals surface area contributed by atoms with Crippen molar-refractivity contribution in [2.75, 3.05) is 5.73 Å². The average Bonchev–Trinajstić information content (AvgIpc) is 1.99. The van der Waals surface area contributed by atoms with Crippen molar-refractivity contribution in [3.05, 3.63) is 29.3 Å². The highest BCUT2D eigenvalue weighted by Crippen LogP contribution is 2.13. The molecule has 1 aromatic rings. The minimum absolute atomic E-state index is 0.810. The molecule has 0 saturated heterocycles. The molecule has 0 heterocycles. The molecule has 0 fully saturated rings. The first-order valence-corrected chi connectivity index (χ1v) is 3.53. The Bertz CT molecular complexity index is 315. The van der Waals surface area contributed by atoms with E-state index in [1.165, 1.54) is 0 Å². The van der Waals surface area contributed by atoms with Gasteiger partial charge in [-0.05, 0) is 31.5 Å². The molecule has 0 amide bonds. The summed E-state index contributed by atoms with van der Waals surface area (Å²) in [6, 6.07) is 5.78. The van der Waals surface area contributed by atoms with E-state index < -0.39 is 0 Å². The maximum Gasteiger partial charge on any atom is 0.0356 e. The fourth-order valence-corrected chi connectivity index (χ4v) is 0.924. The van der Waals surface area contributed by atoms with Gasteiger partial charge >= 0.3 is 0 Å². The van der Waals surface area contributed by atoms with Gasteiger partial charge in [-0.15, -0.1) is 5.92 Å². The van der Waals surface area contributed by atoms with E-state index in [4.69, 9.17) is 5.73 Å². The maximum absolute atomic E-state index is 5.68. The second kappa shape index (κ2) is 3.12. The summed E-state index contributed by atoms with van der Waals surface area (Å²) in [7, 11) is 0. The van der Waals surface area contributed by atoms with Crippen LogP contribution in [-0.2, 0) is 0 Å². The zero-order valence-electron chi connectivity index (χ0n) is 6.81. The van der Waals surface area contributed by atoms with Crippen LogP contribution in [0.3, 0.4) is 0 Å². The highest BCUT2D eigenvalue weighted by Gasteiger charge is 1.95. The fourth-order valence-electron chi connectivity index (χ4n) is 0.924. The summed E-state index contributed by atoms with van der Waals surface area (Å²) < 4.78 is 0. The third-order valence-corrected chi connectivity index (χ3v) is 1.64. The van der Waals surface area contributed by atoms with Crippen LogP contribution < -0.4 is 5.73 Å². The SMILES string of the molecule is CC#Cc1cccc(N)c1C. The first-order valence-electron chi connectivity index (χ1n) is 3.53. The van der Waals surface area contributed by atoms with Crippen molar-refractivity contribution in [3.8, 4) is 11.8 Å². The first-order chi connectivity index (χ1) is 5.25. The van der Waals surface area contributed by atoms with E-state index in [1.807, 2.05) is 32.0 Å². The van der Waals surface area contributed by atoms with Gasteiger partial charge in [0.25, 0.3) is 0 Å². The van der Waals surface area contributed by atoms with Crippen LogP contribution >= 0.6 is 0 Å². The van der Waals surface area contributed by atoms with Crippen LogP contribution in [0.2, 0.25) is 0 Å². The fraction of sp³-hybridized carbons (Fsp3) is 0.200. The van der Waals surface area contributed by atoms with Gasteiger partial charge in [0.15, 0.2) is 0 Å². The smallest absolute Gasteiger partial charge is 0.0356 e. The van der Waals surface area contributed by atoms with E-state index >= 15 is 0 Å². The van der Waals surface area contributed by atoms with Gasteiger partial charge in [0.1, 0.15) is 0 Å². The number of hydrogen-bond acceptors (Lipinski definition) is 1. The van der Waals surface area contributed by atoms with E-state index in [9.17, 15) is 0 Å². The topological polar surface area (TPSA) is 26.0 Å². The second-order valence-electron chi connectivity index (χ2n) is 2.39. The predicted molar refractivity (Wildman–Crippen MR) is 48.1 cm³/mol. The highest BCUT2D eigenvalue weighted by molar-refractivity contribution is 5.55. The largest absolute Gasteiger partial charge is 0.398 e. The first kappa shape index (κ1) is 7.68. The van der Waals surface area contributed by atoms with Crippen LogP contribution in [0, 0.1) is 18.8 Å². The third kappa shape index (κ3) is 1.53. The summed E-state index contributed by atoms with van der Waals surface area (Å²) in [5.74, 6) is 5.83. The van der Waals surface area contributed by atoms with Gasteiger partial charge in [0.2, 0.25) is 0 Å². The summed E-state index contributed by atoms with van der Waals surface area (Å²) in [5.41, 5.74) is 8.59. The molecule has 1 rings (SSSR count). The van der Waals surface area contributed by atoms with E-state index in [0.717, 1.165) is 16.8 Å². The van der Waals surface area contributed by atoms with Gasteiger partial charge in [0, 0.05) is 11.3 Å². The van der Waals surface area contributed by atoms with Crippen molar-refractivity contribution in [1.82, 2.24) is 0 Å². The van der Waals surface area contributed by atoms with E-state index in [2.05, 4.69) is 11.8 Å². The Morgan fingerprint density at radius 3 is 2.73 bits per heavy atom. The molecule has 0 saturated carbocycles. The van der Waals surface area contributed by atoms with Gasteiger partial charge < -0.3 is 5.73 Å². The molecule has 0 unspecified atom stereocenters. The lowest BCUT2D eigenvalue weighted by Crippen LogP contribution is -1.91. The summed E-state index contributed by atoms with van der Waals surface area (Å²) in [6.45, 7) is 3.80. The number of hydrogen-bond donors (Lipinski definition) is 1. The van der Waals surface area contributed by atoms with Crippen LogP contribution in [0.1, 0.15) is 18.1 Å². The summed E-state index contributed by atoms with van der Waals surface area (Å²) in [5, 5.41) is 0. The molecule has 1 nitrogen and oxygen atoms in total. The lowest BCUT2D eigenvalue weighted by atomic mass is 10.1. The molecule has 1 heteroatoms. The summed E-state index contributed by atoms with van der Waals surface area (Å²) in [6.07, 6.45) is 0. The maximum atomic E-state index is 5.68. The van der Waals surface area contributed by atoms with Gasteiger partial charge in [-0.1, -0.05) is 12.0 Å². The van der Waals surface area contributed by atoms with Crippen molar-refractivity contribution in [3.63, 3.8) is 0 Å². The van der Waals surface area contributed by atoms with Crippen LogP contribution in [-0.4, -0.2) is 0 Å². The quantitative estimate of drug-likeness (QED) is 0.438. The van der Waals surface area contributed by atoms with Gasteiger partial charge in [0.05, 0.1) is 0 Å². The molecule has 56 valence electrons. The average molecular weight is 145 g/mol. The molecular weight excluding hydrogens is 134 g/mol. The lowest BCUT2D eigenvalue weighted by Gasteiger charge is -2.00. The van der Waals surface area contributed by atoms with Crippen molar-refractivity contribution >= 4 is 5.69 Å². The van der Waals surface area contributed by atoms with Gasteiger partial charge in [-0.2, -0.15) is 0 Å². The van der Waals surface area contributed by atoms with Crippen molar-refractivity contribution in [1.29, 1.82) is 0 Å². The van der Waals surface area contributed by atoms with Gasteiger partial charge in [-0.3, -0.25) is 0 Å². The Morgan fingerprint density at radius 1 is 1.36 bits per heavy atom. The molecule has 0 atom stereocenters. The zero-order chi connectivity index (χ0) is 8.27.